The highest BCUT2D eigenvalue weighted by Gasteiger charge is 2.48. The van der Waals surface area contributed by atoms with Crippen molar-refractivity contribution in [3.8, 4) is 5.75 Å². The molecule has 36 heavy (non-hydrogen) atoms. The highest BCUT2D eigenvalue weighted by Crippen LogP contribution is 2.45. The number of aryl methyl sites for hydroxylation is 3. The first-order chi connectivity index (χ1) is 17.3. The fourth-order valence-corrected chi connectivity index (χ4v) is 5.13. The first kappa shape index (κ1) is 23.4. The number of aliphatic hydroxyl groups is 1. The fourth-order valence-electron chi connectivity index (χ4n) is 5.13. The zero-order valence-corrected chi connectivity index (χ0v) is 20.8. The number of ether oxygens (including phenoxy) is 1. The van der Waals surface area contributed by atoms with Crippen molar-refractivity contribution in [1.29, 1.82) is 0 Å². The van der Waals surface area contributed by atoms with Crippen LogP contribution in [0.3, 0.4) is 0 Å². The van der Waals surface area contributed by atoms with Crippen LogP contribution in [-0.2, 0) is 16.6 Å². The maximum Gasteiger partial charge on any atom is 0.300 e. The molecule has 6 heteroatoms. The van der Waals surface area contributed by atoms with Gasteiger partial charge in [0.2, 0.25) is 0 Å². The van der Waals surface area contributed by atoms with E-state index in [0.29, 0.717) is 23.6 Å². The van der Waals surface area contributed by atoms with Gasteiger partial charge in [-0.05, 0) is 62.2 Å². The molecule has 2 heterocycles. The molecule has 1 saturated heterocycles. The van der Waals surface area contributed by atoms with Crippen LogP contribution in [0.1, 0.15) is 35.2 Å². The second kappa shape index (κ2) is 9.04. The van der Waals surface area contributed by atoms with Crippen LogP contribution < -0.4 is 9.64 Å². The summed E-state index contributed by atoms with van der Waals surface area (Å²) in [6, 6.07) is 19.8. The zero-order valence-electron chi connectivity index (χ0n) is 20.8. The highest BCUT2D eigenvalue weighted by atomic mass is 16.5. The minimum atomic E-state index is -0.798. The van der Waals surface area contributed by atoms with Gasteiger partial charge in [0.15, 0.2) is 0 Å². The van der Waals surface area contributed by atoms with Gasteiger partial charge in [-0.3, -0.25) is 14.5 Å². The summed E-state index contributed by atoms with van der Waals surface area (Å²) in [6.45, 7) is 6.26. The Labute approximate surface area is 210 Å². The molecule has 182 valence electrons. The number of para-hydroxylation sites is 1. The predicted octanol–water partition coefficient (Wildman–Crippen LogP) is 5.82. The van der Waals surface area contributed by atoms with Crippen LogP contribution in [0.2, 0.25) is 0 Å². The molecule has 5 rings (SSSR count). The van der Waals surface area contributed by atoms with Gasteiger partial charge in [0, 0.05) is 41.0 Å². The number of fused-ring (bicyclic) bond motifs is 1. The van der Waals surface area contributed by atoms with E-state index in [2.05, 4.69) is 0 Å². The molecule has 4 aromatic rings. The molecule has 1 aliphatic rings. The first-order valence-corrected chi connectivity index (χ1v) is 12.0. The van der Waals surface area contributed by atoms with Crippen molar-refractivity contribution in [2.75, 3.05) is 11.5 Å². The molecule has 0 spiro atoms. The molecule has 3 aromatic carbocycles. The van der Waals surface area contributed by atoms with Crippen molar-refractivity contribution in [2.24, 2.45) is 7.05 Å². The number of carbonyl (C=O) groups excluding carboxylic acids is 2. The van der Waals surface area contributed by atoms with E-state index in [1.54, 1.807) is 24.3 Å². The van der Waals surface area contributed by atoms with E-state index in [9.17, 15) is 14.7 Å². The number of anilines is 1. The number of amides is 1. The van der Waals surface area contributed by atoms with E-state index in [-0.39, 0.29) is 11.3 Å². The second-order valence-corrected chi connectivity index (χ2v) is 9.19. The number of nitrogens with zero attached hydrogens (tertiary/aromatic N) is 2. The standard InChI is InChI=1S/C30H28N2O4/c1-5-36-22-10-8-9-20(16-22)28(33)26-27(24-17-31(4)25-12-7-6-11-23(24)25)32(30(35)29(26)34)21-14-18(2)13-19(3)15-21/h6-17,27,33H,5H2,1-4H3/b28-26+. The van der Waals surface area contributed by atoms with Crippen LogP contribution in [0.25, 0.3) is 16.7 Å². The maximum atomic E-state index is 13.6. The number of Topliss-reactive ketones (excluding diaryl/α,β-unsaturated/α-hetero) is 1. The van der Waals surface area contributed by atoms with Crippen molar-refractivity contribution in [3.05, 3.63) is 101 Å². The van der Waals surface area contributed by atoms with Gasteiger partial charge in [-0.2, -0.15) is 0 Å². The van der Waals surface area contributed by atoms with Gasteiger partial charge < -0.3 is 14.4 Å². The summed E-state index contributed by atoms with van der Waals surface area (Å²) in [5.74, 6) is -1.03. The van der Waals surface area contributed by atoms with Crippen LogP contribution in [0.15, 0.2) is 78.5 Å². The summed E-state index contributed by atoms with van der Waals surface area (Å²) < 4.78 is 7.57. The average Bonchev–Trinajstić information content (AvgIpc) is 3.32. The van der Waals surface area contributed by atoms with Crippen LogP contribution >= 0.6 is 0 Å². The quantitative estimate of drug-likeness (QED) is 0.222. The van der Waals surface area contributed by atoms with E-state index < -0.39 is 17.7 Å². The number of aromatic nitrogens is 1. The van der Waals surface area contributed by atoms with Crippen LogP contribution in [0.5, 0.6) is 5.75 Å². The van der Waals surface area contributed by atoms with Gasteiger partial charge in [-0.1, -0.05) is 36.4 Å². The summed E-state index contributed by atoms with van der Waals surface area (Å²) >= 11 is 0. The third kappa shape index (κ3) is 3.85. The Hall–Kier alpha value is -4.32. The number of rotatable bonds is 5. The van der Waals surface area contributed by atoms with Gasteiger partial charge in [0.1, 0.15) is 11.5 Å². The lowest BCUT2D eigenvalue weighted by Gasteiger charge is -2.25. The fraction of sp³-hybridized carbons (Fsp3) is 0.200. The van der Waals surface area contributed by atoms with Crippen molar-refractivity contribution >= 4 is 34.0 Å². The number of benzene rings is 3. The summed E-state index contributed by atoms with van der Waals surface area (Å²) in [5.41, 5.74) is 4.80. The smallest absolute Gasteiger partial charge is 0.300 e. The summed E-state index contributed by atoms with van der Waals surface area (Å²) in [5, 5.41) is 12.4. The molecule has 0 saturated carbocycles. The molecular formula is C30H28N2O4. The van der Waals surface area contributed by atoms with Gasteiger partial charge in [-0.15, -0.1) is 0 Å². The topological polar surface area (TPSA) is 71.8 Å². The second-order valence-electron chi connectivity index (χ2n) is 9.19. The number of hydrogen-bond donors (Lipinski definition) is 1. The molecule has 1 amide bonds. The molecule has 0 bridgehead atoms. The van der Waals surface area contributed by atoms with Gasteiger partial charge in [0.25, 0.3) is 11.7 Å². The molecule has 1 aliphatic heterocycles. The highest BCUT2D eigenvalue weighted by molar-refractivity contribution is 6.52. The third-order valence-corrected chi connectivity index (χ3v) is 6.57. The van der Waals surface area contributed by atoms with Crippen molar-refractivity contribution in [3.63, 3.8) is 0 Å². The average molecular weight is 481 g/mol. The molecule has 1 atom stereocenters. The Balaban J connectivity index is 1.79. The lowest BCUT2D eigenvalue weighted by molar-refractivity contribution is -0.132. The van der Waals surface area contributed by atoms with E-state index in [0.717, 1.165) is 27.6 Å². The van der Waals surface area contributed by atoms with Crippen LogP contribution in [0.4, 0.5) is 5.69 Å². The number of carbonyl (C=O) groups is 2. The Bertz CT molecular complexity index is 1530. The molecule has 1 fully saturated rings. The lowest BCUT2D eigenvalue weighted by Crippen LogP contribution is -2.29. The van der Waals surface area contributed by atoms with Crippen LogP contribution in [-0.4, -0.2) is 28.0 Å². The number of hydrogen-bond acceptors (Lipinski definition) is 4. The minimum absolute atomic E-state index is 0.0594. The number of aliphatic hydroxyl groups excluding tert-OH is 1. The Morgan fingerprint density at radius 2 is 1.69 bits per heavy atom. The van der Waals surface area contributed by atoms with Crippen LogP contribution in [0, 0.1) is 13.8 Å². The van der Waals surface area contributed by atoms with Gasteiger partial charge in [-0.25, -0.2) is 0 Å². The normalized spacial score (nSPS) is 17.2. The van der Waals surface area contributed by atoms with E-state index in [1.165, 1.54) is 4.90 Å². The molecular weight excluding hydrogens is 452 g/mol. The molecule has 1 unspecified atom stereocenters. The maximum absolute atomic E-state index is 13.6. The molecule has 0 aliphatic carbocycles. The van der Waals surface area contributed by atoms with E-state index >= 15 is 0 Å². The first-order valence-electron chi connectivity index (χ1n) is 12.0. The Morgan fingerprint density at radius 3 is 2.42 bits per heavy atom. The Morgan fingerprint density at radius 1 is 0.972 bits per heavy atom. The van der Waals surface area contributed by atoms with Gasteiger partial charge in [0.05, 0.1) is 18.2 Å². The summed E-state index contributed by atoms with van der Waals surface area (Å²) in [6.07, 6.45) is 1.93. The minimum Gasteiger partial charge on any atom is -0.507 e. The Kier molecular flexibility index (Phi) is 5.88. The molecule has 1 N–H and O–H groups in total. The van der Waals surface area contributed by atoms with Gasteiger partial charge >= 0.3 is 0 Å². The molecule has 0 radical (unpaired) electrons. The van der Waals surface area contributed by atoms with Crippen molar-refractivity contribution in [2.45, 2.75) is 26.8 Å². The third-order valence-electron chi connectivity index (χ3n) is 6.57. The largest absolute Gasteiger partial charge is 0.507 e. The molecule has 1 aromatic heterocycles. The number of ketones is 1. The van der Waals surface area contributed by atoms with Crippen molar-refractivity contribution in [1.82, 2.24) is 4.57 Å². The monoisotopic (exact) mass is 480 g/mol. The van der Waals surface area contributed by atoms with Crippen molar-refractivity contribution < 1.29 is 19.4 Å². The lowest BCUT2D eigenvalue weighted by atomic mass is 9.94. The van der Waals surface area contributed by atoms with E-state index in [1.807, 2.05) is 81.0 Å². The summed E-state index contributed by atoms with van der Waals surface area (Å²) in [4.78, 5) is 28.6. The zero-order chi connectivity index (χ0) is 25.6. The SMILES string of the molecule is CCOc1cccc(/C(O)=C2\C(=O)C(=O)N(c3cc(C)cc(C)c3)C2c2cn(C)c3ccccc23)c1. The molecule has 6 nitrogen and oxygen atoms in total. The van der Waals surface area contributed by atoms with E-state index in [4.69, 9.17) is 4.74 Å². The summed E-state index contributed by atoms with van der Waals surface area (Å²) in [7, 11) is 1.93. The predicted molar refractivity (Wildman–Crippen MR) is 141 cm³/mol.